The summed E-state index contributed by atoms with van der Waals surface area (Å²) in [6, 6.07) is 10.7. The number of pyridine rings is 1. The molecule has 0 unspecified atom stereocenters. The minimum Gasteiger partial charge on any atom is -0.465 e. The fraction of sp³-hybridized carbons (Fsp3) is 0.190. The number of amides is 1. The van der Waals surface area contributed by atoms with Crippen LogP contribution in [-0.2, 0) is 11.2 Å². The van der Waals surface area contributed by atoms with Gasteiger partial charge in [-0.2, -0.15) is 0 Å². The molecule has 1 amide bonds. The summed E-state index contributed by atoms with van der Waals surface area (Å²) in [6.07, 6.45) is 7.16. The average Bonchev–Trinajstić information content (AvgIpc) is 2.78. The summed E-state index contributed by atoms with van der Waals surface area (Å²) in [5.74, 6) is -0.258. The van der Waals surface area contributed by atoms with Crippen LogP contribution in [0.4, 0.5) is 11.6 Å². The van der Waals surface area contributed by atoms with Crippen molar-refractivity contribution in [1.82, 2.24) is 19.9 Å². The van der Waals surface area contributed by atoms with Gasteiger partial charge in [-0.1, -0.05) is 6.07 Å². The number of ether oxygens (including phenoxy) is 1. The summed E-state index contributed by atoms with van der Waals surface area (Å²) in [5, 5.41) is 3.00. The molecular weight excluding hydrogens is 370 g/mol. The van der Waals surface area contributed by atoms with E-state index in [1.54, 1.807) is 48.6 Å². The Bertz CT molecular complexity index is 977. The van der Waals surface area contributed by atoms with Crippen LogP contribution in [0, 0.1) is 0 Å². The molecule has 0 aliphatic heterocycles. The second-order valence-electron chi connectivity index (χ2n) is 6.32. The molecule has 8 nitrogen and oxygen atoms in total. The van der Waals surface area contributed by atoms with Crippen LogP contribution >= 0.6 is 0 Å². The van der Waals surface area contributed by atoms with Gasteiger partial charge in [-0.15, -0.1) is 0 Å². The first kappa shape index (κ1) is 19.9. The van der Waals surface area contributed by atoms with Crippen LogP contribution in [0.2, 0.25) is 0 Å². The first-order chi connectivity index (χ1) is 14.1. The Morgan fingerprint density at radius 1 is 1.07 bits per heavy atom. The van der Waals surface area contributed by atoms with Crippen LogP contribution < -0.4 is 5.32 Å². The fourth-order valence-corrected chi connectivity index (χ4v) is 2.64. The highest BCUT2D eigenvalue weighted by atomic mass is 16.5. The maximum Gasteiger partial charge on any atom is 0.337 e. The van der Waals surface area contributed by atoms with E-state index in [0.29, 0.717) is 29.3 Å². The van der Waals surface area contributed by atoms with Crippen molar-refractivity contribution in [3.8, 4) is 0 Å². The minimum absolute atomic E-state index is 0.154. The van der Waals surface area contributed by atoms with E-state index in [-0.39, 0.29) is 5.91 Å². The lowest BCUT2D eigenvalue weighted by Crippen LogP contribution is -2.29. The number of methoxy groups -OCH3 is 1. The molecule has 148 valence electrons. The Kier molecular flexibility index (Phi) is 6.47. The lowest BCUT2D eigenvalue weighted by molar-refractivity contribution is 0.0600. The highest BCUT2D eigenvalue weighted by Crippen LogP contribution is 2.15. The van der Waals surface area contributed by atoms with E-state index in [4.69, 9.17) is 4.74 Å². The number of anilines is 2. The first-order valence-electron chi connectivity index (χ1n) is 8.98. The molecule has 0 saturated carbocycles. The molecule has 0 aliphatic carbocycles. The Morgan fingerprint density at radius 2 is 1.79 bits per heavy atom. The monoisotopic (exact) mass is 391 g/mol. The summed E-state index contributed by atoms with van der Waals surface area (Å²) < 4.78 is 4.71. The highest BCUT2D eigenvalue weighted by Gasteiger charge is 2.13. The number of aromatic nitrogens is 3. The number of esters is 1. The van der Waals surface area contributed by atoms with Gasteiger partial charge in [-0.05, 0) is 42.3 Å². The third-order valence-corrected chi connectivity index (χ3v) is 4.27. The molecule has 2 aromatic heterocycles. The number of benzene rings is 1. The maximum atomic E-state index is 12.5. The highest BCUT2D eigenvalue weighted by molar-refractivity contribution is 5.93. The van der Waals surface area contributed by atoms with E-state index >= 15 is 0 Å². The molecule has 0 atom stereocenters. The van der Waals surface area contributed by atoms with Crippen LogP contribution in [0.5, 0.6) is 0 Å². The number of carbonyl (C=O) groups excluding carboxylic acids is 2. The molecule has 29 heavy (non-hydrogen) atoms. The van der Waals surface area contributed by atoms with Crippen molar-refractivity contribution in [1.29, 1.82) is 0 Å². The van der Waals surface area contributed by atoms with Crippen molar-refractivity contribution >= 4 is 23.5 Å². The molecule has 0 fully saturated rings. The lowest BCUT2D eigenvalue weighted by atomic mass is 10.2. The van der Waals surface area contributed by atoms with Gasteiger partial charge < -0.3 is 15.0 Å². The van der Waals surface area contributed by atoms with Gasteiger partial charge in [-0.3, -0.25) is 9.78 Å². The normalized spacial score (nSPS) is 10.3. The molecule has 1 N–H and O–H groups in total. The van der Waals surface area contributed by atoms with E-state index in [1.165, 1.54) is 19.5 Å². The van der Waals surface area contributed by atoms with Crippen LogP contribution in [0.3, 0.4) is 0 Å². The van der Waals surface area contributed by atoms with Gasteiger partial charge in [-0.25, -0.2) is 14.8 Å². The maximum absolute atomic E-state index is 12.5. The van der Waals surface area contributed by atoms with Gasteiger partial charge in [0.2, 0.25) is 5.95 Å². The lowest BCUT2D eigenvalue weighted by Gasteiger charge is -2.17. The largest absolute Gasteiger partial charge is 0.465 e. The Hall–Kier alpha value is -3.81. The average molecular weight is 391 g/mol. The first-order valence-corrected chi connectivity index (χ1v) is 8.98. The summed E-state index contributed by atoms with van der Waals surface area (Å²) in [5.41, 5.74) is 2.57. The Balaban J connectivity index is 1.60. The van der Waals surface area contributed by atoms with Gasteiger partial charge in [0.05, 0.1) is 18.2 Å². The van der Waals surface area contributed by atoms with Crippen molar-refractivity contribution in [2.75, 3.05) is 26.0 Å². The molecule has 0 aliphatic rings. The van der Waals surface area contributed by atoms with Gasteiger partial charge in [0.1, 0.15) is 0 Å². The van der Waals surface area contributed by atoms with Gasteiger partial charge in [0.15, 0.2) is 0 Å². The van der Waals surface area contributed by atoms with Crippen LogP contribution in [0.15, 0.2) is 61.2 Å². The van der Waals surface area contributed by atoms with Crippen LogP contribution in [0.25, 0.3) is 0 Å². The summed E-state index contributed by atoms with van der Waals surface area (Å²) in [7, 11) is 3.07. The number of hydrogen-bond acceptors (Lipinski definition) is 7. The molecule has 3 rings (SSSR count). The molecular formula is C21H21N5O3. The Morgan fingerprint density at radius 3 is 2.48 bits per heavy atom. The van der Waals surface area contributed by atoms with Crippen molar-refractivity contribution in [2.45, 2.75) is 6.42 Å². The van der Waals surface area contributed by atoms with Crippen molar-refractivity contribution in [3.05, 3.63) is 77.9 Å². The van der Waals surface area contributed by atoms with Gasteiger partial charge in [0, 0.05) is 44.1 Å². The van der Waals surface area contributed by atoms with Crippen LogP contribution in [0.1, 0.15) is 26.3 Å². The van der Waals surface area contributed by atoms with Gasteiger partial charge >= 0.3 is 5.97 Å². The Labute approximate surface area is 168 Å². The molecule has 3 aromatic rings. The summed E-state index contributed by atoms with van der Waals surface area (Å²) >= 11 is 0. The zero-order valence-corrected chi connectivity index (χ0v) is 16.2. The number of likely N-dealkylation sites (N-methyl/N-ethyl adjacent to an activating group) is 1. The smallest absolute Gasteiger partial charge is 0.337 e. The molecule has 8 heteroatoms. The van der Waals surface area contributed by atoms with E-state index in [9.17, 15) is 9.59 Å². The number of hydrogen-bond donors (Lipinski definition) is 1. The standard InChI is InChI=1S/C21H21N5O3/c1-26(11-8-15-6-9-22-10-7-15)19(27)17-13-23-21(24-14-17)25-18-5-3-4-16(12-18)20(28)29-2/h3-7,9-10,12-14H,8,11H2,1-2H3,(H,23,24,25). The topological polar surface area (TPSA) is 97.3 Å². The predicted octanol–water partition coefficient (Wildman–Crippen LogP) is 2.72. The van der Waals surface area contributed by atoms with E-state index in [2.05, 4.69) is 20.3 Å². The molecule has 0 radical (unpaired) electrons. The van der Waals surface area contributed by atoms with E-state index < -0.39 is 5.97 Å². The number of carbonyl (C=O) groups is 2. The third-order valence-electron chi connectivity index (χ3n) is 4.27. The van der Waals surface area contributed by atoms with Crippen molar-refractivity contribution in [2.24, 2.45) is 0 Å². The van der Waals surface area contributed by atoms with Crippen molar-refractivity contribution < 1.29 is 14.3 Å². The summed E-state index contributed by atoms with van der Waals surface area (Å²) in [4.78, 5) is 38.2. The van der Waals surface area contributed by atoms with Gasteiger partial charge in [0.25, 0.3) is 5.91 Å². The minimum atomic E-state index is -0.426. The predicted molar refractivity (Wildman–Crippen MR) is 108 cm³/mol. The zero-order chi connectivity index (χ0) is 20.6. The second kappa shape index (κ2) is 9.41. The number of rotatable bonds is 7. The zero-order valence-electron chi connectivity index (χ0n) is 16.2. The number of nitrogens with one attached hydrogen (secondary N) is 1. The van der Waals surface area contributed by atoms with Crippen LogP contribution in [-0.4, -0.2) is 52.4 Å². The molecule has 0 bridgehead atoms. The molecule has 1 aromatic carbocycles. The third kappa shape index (κ3) is 5.35. The fourth-order valence-electron chi connectivity index (χ4n) is 2.64. The summed E-state index contributed by atoms with van der Waals surface area (Å²) in [6.45, 7) is 0.573. The number of nitrogens with zero attached hydrogens (tertiary/aromatic N) is 4. The van der Waals surface area contributed by atoms with E-state index in [1.807, 2.05) is 12.1 Å². The van der Waals surface area contributed by atoms with E-state index in [0.717, 1.165) is 12.0 Å². The second-order valence-corrected chi connectivity index (χ2v) is 6.32. The SMILES string of the molecule is COC(=O)c1cccc(Nc2ncc(C(=O)N(C)CCc3ccncc3)cn2)c1. The molecule has 2 heterocycles. The van der Waals surface area contributed by atoms with Crippen molar-refractivity contribution in [3.63, 3.8) is 0 Å². The quantitative estimate of drug-likeness (QED) is 0.619. The molecule has 0 saturated heterocycles. The molecule has 0 spiro atoms.